The van der Waals surface area contributed by atoms with Gasteiger partial charge in [-0.1, -0.05) is 6.92 Å². The van der Waals surface area contributed by atoms with Gasteiger partial charge in [-0.05, 0) is 40.9 Å². The first-order valence-corrected chi connectivity index (χ1v) is 8.17. The van der Waals surface area contributed by atoms with Crippen molar-refractivity contribution < 1.29 is 14.3 Å². The maximum Gasteiger partial charge on any atom is 0.322 e. The predicted octanol–water partition coefficient (Wildman–Crippen LogP) is 3.92. The summed E-state index contributed by atoms with van der Waals surface area (Å²) in [6.07, 6.45) is 0.915. The molecule has 0 saturated heterocycles. The lowest BCUT2D eigenvalue weighted by molar-refractivity contribution is 0.174. The van der Waals surface area contributed by atoms with Gasteiger partial charge in [-0.15, -0.1) is 0 Å². The van der Waals surface area contributed by atoms with Crippen molar-refractivity contribution in [1.29, 1.82) is 0 Å². The van der Waals surface area contributed by atoms with E-state index in [1.165, 1.54) is 0 Å². The summed E-state index contributed by atoms with van der Waals surface area (Å²) in [6, 6.07) is 7.35. The van der Waals surface area contributed by atoms with Crippen LogP contribution in [0.4, 0.5) is 10.5 Å². The molecule has 0 spiro atoms. The number of fused-ring (bicyclic) bond motifs is 1. The SMILES string of the molecule is CCCN(Cc1ccsc1)C(=O)Nc1ccc2c(c1)OCO2. The van der Waals surface area contributed by atoms with E-state index in [0.717, 1.165) is 12.0 Å². The van der Waals surface area contributed by atoms with Crippen molar-refractivity contribution in [2.45, 2.75) is 19.9 Å². The summed E-state index contributed by atoms with van der Waals surface area (Å²) in [5.41, 5.74) is 1.86. The van der Waals surface area contributed by atoms with Crippen LogP contribution in [0, 0.1) is 0 Å². The quantitative estimate of drug-likeness (QED) is 0.909. The van der Waals surface area contributed by atoms with Gasteiger partial charge in [0.15, 0.2) is 11.5 Å². The van der Waals surface area contributed by atoms with Crippen LogP contribution in [-0.4, -0.2) is 24.3 Å². The zero-order valence-corrected chi connectivity index (χ0v) is 13.2. The summed E-state index contributed by atoms with van der Waals surface area (Å²) in [6.45, 7) is 3.63. The number of hydrogen-bond donors (Lipinski definition) is 1. The predicted molar refractivity (Wildman–Crippen MR) is 86.6 cm³/mol. The van der Waals surface area contributed by atoms with E-state index in [-0.39, 0.29) is 12.8 Å². The van der Waals surface area contributed by atoms with Crippen LogP contribution in [0.25, 0.3) is 0 Å². The van der Waals surface area contributed by atoms with Gasteiger partial charge in [0.05, 0.1) is 0 Å². The van der Waals surface area contributed by atoms with E-state index in [0.29, 0.717) is 30.3 Å². The highest BCUT2D eigenvalue weighted by atomic mass is 32.1. The Bertz CT molecular complexity index is 643. The molecule has 0 bridgehead atoms. The van der Waals surface area contributed by atoms with Crippen LogP contribution in [0.2, 0.25) is 0 Å². The molecular formula is C16H18N2O3S. The van der Waals surface area contributed by atoms with Gasteiger partial charge in [-0.2, -0.15) is 11.3 Å². The second-order valence-corrected chi connectivity index (χ2v) is 5.83. The Morgan fingerprint density at radius 1 is 1.32 bits per heavy atom. The highest BCUT2D eigenvalue weighted by Gasteiger charge is 2.17. The van der Waals surface area contributed by atoms with Crippen molar-refractivity contribution in [1.82, 2.24) is 4.90 Å². The number of ether oxygens (including phenoxy) is 2. The van der Waals surface area contributed by atoms with Crippen molar-refractivity contribution in [2.75, 3.05) is 18.7 Å². The van der Waals surface area contributed by atoms with Crippen LogP contribution in [0.5, 0.6) is 11.5 Å². The van der Waals surface area contributed by atoms with Crippen molar-refractivity contribution in [2.24, 2.45) is 0 Å². The molecule has 1 aromatic carbocycles. The van der Waals surface area contributed by atoms with E-state index < -0.39 is 0 Å². The standard InChI is InChI=1S/C16H18N2O3S/c1-2-6-18(9-12-5-7-22-10-12)16(19)17-13-3-4-14-15(8-13)21-11-20-14/h3-5,7-8,10H,2,6,9,11H2,1H3,(H,17,19). The van der Waals surface area contributed by atoms with Crippen molar-refractivity contribution in [3.05, 3.63) is 40.6 Å². The van der Waals surface area contributed by atoms with Crippen LogP contribution in [0.1, 0.15) is 18.9 Å². The first-order valence-electron chi connectivity index (χ1n) is 7.23. The number of benzene rings is 1. The molecule has 2 amide bonds. The second-order valence-electron chi connectivity index (χ2n) is 5.05. The number of thiophene rings is 1. The van der Waals surface area contributed by atoms with Gasteiger partial charge in [0, 0.05) is 24.8 Å². The highest BCUT2D eigenvalue weighted by molar-refractivity contribution is 7.07. The molecule has 0 unspecified atom stereocenters. The largest absolute Gasteiger partial charge is 0.454 e. The molecule has 5 nitrogen and oxygen atoms in total. The number of nitrogens with one attached hydrogen (secondary N) is 1. The topological polar surface area (TPSA) is 50.8 Å². The van der Waals surface area contributed by atoms with E-state index in [2.05, 4.69) is 17.6 Å². The molecule has 3 rings (SSSR count). The van der Waals surface area contributed by atoms with Crippen molar-refractivity contribution >= 4 is 23.1 Å². The fraction of sp³-hybridized carbons (Fsp3) is 0.312. The average molecular weight is 318 g/mol. The third-order valence-corrected chi connectivity index (χ3v) is 4.09. The molecule has 1 aliphatic rings. The summed E-state index contributed by atoms with van der Waals surface area (Å²) in [5, 5.41) is 7.01. The normalized spacial score (nSPS) is 12.2. The number of rotatable bonds is 5. The molecule has 1 aliphatic heterocycles. The van der Waals surface area contributed by atoms with Crippen LogP contribution in [0.15, 0.2) is 35.0 Å². The fourth-order valence-electron chi connectivity index (χ4n) is 2.30. The van der Waals surface area contributed by atoms with Gasteiger partial charge in [0.25, 0.3) is 0 Å². The van der Waals surface area contributed by atoms with Crippen molar-refractivity contribution in [3.8, 4) is 11.5 Å². The van der Waals surface area contributed by atoms with E-state index >= 15 is 0 Å². The Morgan fingerprint density at radius 3 is 2.95 bits per heavy atom. The maximum atomic E-state index is 12.5. The van der Waals surface area contributed by atoms with Crippen LogP contribution >= 0.6 is 11.3 Å². The first-order chi connectivity index (χ1) is 10.8. The molecule has 2 aromatic rings. The van der Waals surface area contributed by atoms with Gasteiger partial charge < -0.3 is 19.7 Å². The number of carbonyl (C=O) groups excluding carboxylic acids is 1. The Balaban J connectivity index is 1.68. The monoisotopic (exact) mass is 318 g/mol. The first kappa shape index (κ1) is 14.7. The smallest absolute Gasteiger partial charge is 0.322 e. The van der Waals surface area contributed by atoms with Gasteiger partial charge in [0.1, 0.15) is 0 Å². The molecule has 2 heterocycles. The zero-order chi connectivity index (χ0) is 15.4. The second kappa shape index (κ2) is 6.70. The summed E-state index contributed by atoms with van der Waals surface area (Å²) < 4.78 is 10.6. The Kier molecular flexibility index (Phi) is 4.48. The van der Waals surface area contributed by atoms with Gasteiger partial charge in [-0.3, -0.25) is 0 Å². The zero-order valence-electron chi connectivity index (χ0n) is 12.4. The highest BCUT2D eigenvalue weighted by Crippen LogP contribution is 2.34. The van der Waals surface area contributed by atoms with Crippen LogP contribution < -0.4 is 14.8 Å². The van der Waals surface area contributed by atoms with Crippen LogP contribution in [0.3, 0.4) is 0 Å². The molecule has 0 atom stereocenters. The Hall–Kier alpha value is -2.21. The number of anilines is 1. The minimum absolute atomic E-state index is 0.105. The number of nitrogens with zero attached hydrogens (tertiary/aromatic N) is 1. The van der Waals surface area contributed by atoms with E-state index in [1.807, 2.05) is 22.4 Å². The number of amides is 2. The van der Waals surface area contributed by atoms with E-state index in [9.17, 15) is 4.79 Å². The summed E-state index contributed by atoms with van der Waals surface area (Å²) in [7, 11) is 0. The van der Waals surface area contributed by atoms with Gasteiger partial charge in [-0.25, -0.2) is 4.79 Å². The summed E-state index contributed by atoms with van der Waals surface area (Å²) in [4.78, 5) is 14.3. The molecule has 0 saturated carbocycles. The summed E-state index contributed by atoms with van der Waals surface area (Å²) >= 11 is 1.64. The number of hydrogen-bond acceptors (Lipinski definition) is 4. The minimum Gasteiger partial charge on any atom is -0.454 e. The average Bonchev–Trinajstić information content (AvgIpc) is 3.17. The van der Waals surface area contributed by atoms with Crippen LogP contribution in [-0.2, 0) is 6.54 Å². The number of carbonyl (C=O) groups is 1. The third kappa shape index (κ3) is 3.33. The maximum absolute atomic E-state index is 12.5. The van der Waals surface area contributed by atoms with Gasteiger partial charge >= 0.3 is 6.03 Å². The van der Waals surface area contributed by atoms with E-state index in [1.54, 1.807) is 23.5 Å². The molecule has 1 N–H and O–H groups in total. The summed E-state index contributed by atoms with van der Waals surface area (Å²) in [5.74, 6) is 1.37. The molecule has 6 heteroatoms. The van der Waals surface area contributed by atoms with Crippen molar-refractivity contribution in [3.63, 3.8) is 0 Å². The molecule has 116 valence electrons. The lowest BCUT2D eigenvalue weighted by atomic mass is 10.2. The fourth-order valence-corrected chi connectivity index (χ4v) is 2.96. The lowest BCUT2D eigenvalue weighted by Gasteiger charge is -2.22. The molecule has 22 heavy (non-hydrogen) atoms. The van der Waals surface area contributed by atoms with Gasteiger partial charge in [0.2, 0.25) is 6.79 Å². The molecule has 0 radical (unpaired) electrons. The lowest BCUT2D eigenvalue weighted by Crippen LogP contribution is -2.34. The molecule has 0 aliphatic carbocycles. The molecular weight excluding hydrogens is 300 g/mol. The Morgan fingerprint density at radius 2 is 2.18 bits per heavy atom. The Labute approximate surface area is 133 Å². The van der Waals surface area contributed by atoms with E-state index in [4.69, 9.17) is 9.47 Å². The third-order valence-electron chi connectivity index (χ3n) is 3.36. The minimum atomic E-state index is -0.105. The molecule has 1 aromatic heterocycles. The number of urea groups is 1. The molecule has 0 fully saturated rings.